The van der Waals surface area contributed by atoms with Crippen molar-refractivity contribution in [3.05, 3.63) is 59.7 Å². The van der Waals surface area contributed by atoms with Gasteiger partial charge in [-0.3, -0.25) is 4.90 Å². The standard InChI is InChI=1S/C20H25N3O2/c1-25-19-7-3-2-6-18(19)22-20(24)21-14-16-8-10-17(11-9-16)15-23-12-4-5-13-23/h2-3,6-11H,4-5,12-15H2,1H3,(H2,21,22,24). The number of hydrogen-bond donors (Lipinski definition) is 2. The van der Waals surface area contributed by atoms with Crippen molar-refractivity contribution in [2.45, 2.75) is 25.9 Å². The number of urea groups is 1. The molecule has 0 saturated carbocycles. The Balaban J connectivity index is 1.48. The number of carbonyl (C=O) groups excluding carboxylic acids is 1. The predicted octanol–water partition coefficient (Wildman–Crippen LogP) is 3.61. The molecule has 5 nitrogen and oxygen atoms in total. The van der Waals surface area contributed by atoms with Gasteiger partial charge in [-0.25, -0.2) is 4.79 Å². The van der Waals surface area contributed by atoms with Crippen LogP contribution >= 0.6 is 0 Å². The van der Waals surface area contributed by atoms with Crippen molar-refractivity contribution in [1.29, 1.82) is 0 Å². The number of rotatable bonds is 6. The van der Waals surface area contributed by atoms with E-state index in [-0.39, 0.29) is 6.03 Å². The van der Waals surface area contributed by atoms with E-state index in [1.54, 1.807) is 7.11 Å². The van der Waals surface area contributed by atoms with Crippen LogP contribution in [0.3, 0.4) is 0 Å². The third kappa shape index (κ3) is 4.97. The summed E-state index contributed by atoms with van der Waals surface area (Å²) < 4.78 is 5.23. The summed E-state index contributed by atoms with van der Waals surface area (Å²) in [5.41, 5.74) is 3.06. The molecule has 5 heteroatoms. The van der Waals surface area contributed by atoms with E-state index < -0.39 is 0 Å². The number of likely N-dealkylation sites (tertiary alicyclic amines) is 1. The van der Waals surface area contributed by atoms with Crippen LogP contribution in [0.4, 0.5) is 10.5 Å². The van der Waals surface area contributed by atoms with E-state index in [0.717, 1.165) is 12.1 Å². The molecular formula is C20H25N3O2. The van der Waals surface area contributed by atoms with Crippen LogP contribution in [0.15, 0.2) is 48.5 Å². The second kappa shape index (κ2) is 8.53. The Bertz CT molecular complexity index is 694. The van der Waals surface area contributed by atoms with E-state index in [1.165, 1.54) is 31.5 Å². The van der Waals surface area contributed by atoms with Gasteiger partial charge in [-0.2, -0.15) is 0 Å². The van der Waals surface area contributed by atoms with Gasteiger partial charge >= 0.3 is 6.03 Å². The van der Waals surface area contributed by atoms with Crippen LogP contribution in [0.1, 0.15) is 24.0 Å². The molecule has 1 heterocycles. The zero-order chi connectivity index (χ0) is 17.5. The van der Waals surface area contributed by atoms with Crippen molar-refractivity contribution in [2.75, 3.05) is 25.5 Å². The van der Waals surface area contributed by atoms with E-state index in [9.17, 15) is 4.79 Å². The summed E-state index contributed by atoms with van der Waals surface area (Å²) in [5, 5.41) is 5.68. The normalized spacial score (nSPS) is 14.3. The van der Waals surface area contributed by atoms with E-state index in [4.69, 9.17) is 4.74 Å². The molecule has 0 radical (unpaired) electrons. The molecular weight excluding hydrogens is 314 g/mol. The van der Waals surface area contributed by atoms with Crippen LogP contribution in [0, 0.1) is 0 Å². The Kier molecular flexibility index (Phi) is 5.90. The van der Waals surface area contributed by atoms with Crippen LogP contribution in [0.5, 0.6) is 5.75 Å². The minimum absolute atomic E-state index is 0.245. The van der Waals surface area contributed by atoms with E-state index in [2.05, 4.69) is 39.8 Å². The first kappa shape index (κ1) is 17.3. The number of carbonyl (C=O) groups is 1. The van der Waals surface area contributed by atoms with Crippen molar-refractivity contribution in [3.63, 3.8) is 0 Å². The summed E-state index contributed by atoms with van der Waals surface area (Å²) in [7, 11) is 1.59. The maximum absolute atomic E-state index is 12.1. The highest BCUT2D eigenvalue weighted by Crippen LogP contribution is 2.22. The van der Waals surface area contributed by atoms with Crippen molar-refractivity contribution in [1.82, 2.24) is 10.2 Å². The first-order valence-electron chi connectivity index (χ1n) is 8.72. The molecule has 0 aliphatic carbocycles. The molecule has 25 heavy (non-hydrogen) atoms. The Morgan fingerprint density at radius 1 is 1.04 bits per heavy atom. The topological polar surface area (TPSA) is 53.6 Å². The van der Waals surface area contributed by atoms with Gasteiger partial charge in [-0.15, -0.1) is 0 Å². The molecule has 1 saturated heterocycles. The third-order valence-corrected chi connectivity index (χ3v) is 4.44. The van der Waals surface area contributed by atoms with E-state index in [1.807, 2.05) is 24.3 Å². The lowest BCUT2D eigenvalue weighted by molar-refractivity contribution is 0.251. The number of para-hydroxylation sites is 2. The summed E-state index contributed by atoms with van der Waals surface area (Å²) in [5.74, 6) is 0.643. The maximum Gasteiger partial charge on any atom is 0.319 e. The maximum atomic E-state index is 12.1. The second-order valence-electron chi connectivity index (χ2n) is 6.31. The summed E-state index contributed by atoms with van der Waals surface area (Å²) in [4.78, 5) is 14.5. The summed E-state index contributed by atoms with van der Waals surface area (Å²) >= 11 is 0. The van der Waals surface area contributed by atoms with Crippen molar-refractivity contribution in [3.8, 4) is 5.75 Å². The van der Waals surface area contributed by atoms with Gasteiger partial charge < -0.3 is 15.4 Å². The fraction of sp³-hybridized carbons (Fsp3) is 0.350. The van der Waals surface area contributed by atoms with Gasteiger partial charge in [0.1, 0.15) is 5.75 Å². The zero-order valence-electron chi connectivity index (χ0n) is 14.6. The minimum atomic E-state index is -0.245. The first-order valence-corrected chi connectivity index (χ1v) is 8.72. The van der Waals surface area contributed by atoms with Gasteiger partial charge in [-0.05, 0) is 49.2 Å². The van der Waals surface area contributed by atoms with Gasteiger partial charge in [0, 0.05) is 13.1 Å². The van der Waals surface area contributed by atoms with Crippen molar-refractivity contribution >= 4 is 11.7 Å². The zero-order valence-corrected chi connectivity index (χ0v) is 14.6. The Labute approximate surface area is 149 Å². The molecule has 2 aromatic carbocycles. The van der Waals surface area contributed by atoms with Crippen LogP contribution in [-0.4, -0.2) is 31.1 Å². The largest absolute Gasteiger partial charge is 0.495 e. The Morgan fingerprint density at radius 3 is 2.44 bits per heavy atom. The fourth-order valence-electron chi connectivity index (χ4n) is 3.06. The molecule has 2 aromatic rings. The number of ether oxygens (including phenoxy) is 1. The lowest BCUT2D eigenvalue weighted by atomic mass is 10.1. The average Bonchev–Trinajstić information content (AvgIpc) is 3.15. The van der Waals surface area contributed by atoms with Crippen LogP contribution in [-0.2, 0) is 13.1 Å². The number of nitrogens with one attached hydrogen (secondary N) is 2. The molecule has 3 rings (SSSR count). The van der Waals surface area contributed by atoms with Crippen molar-refractivity contribution < 1.29 is 9.53 Å². The monoisotopic (exact) mass is 339 g/mol. The summed E-state index contributed by atoms with van der Waals surface area (Å²) in [6, 6.07) is 15.6. The van der Waals surface area contributed by atoms with Gasteiger partial charge in [0.2, 0.25) is 0 Å². The number of methoxy groups -OCH3 is 1. The molecule has 0 atom stereocenters. The Hall–Kier alpha value is -2.53. The first-order chi connectivity index (χ1) is 12.2. The molecule has 0 unspecified atom stereocenters. The molecule has 1 fully saturated rings. The highest BCUT2D eigenvalue weighted by atomic mass is 16.5. The van der Waals surface area contributed by atoms with Gasteiger partial charge in [0.15, 0.2) is 0 Å². The SMILES string of the molecule is COc1ccccc1NC(=O)NCc1ccc(CN2CCCC2)cc1. The van der Waals surface area contributed by atoms with Crippen LogP contribution < -0.4 is 15.4 Å². The van der Waals surface area contributed by atoms with E-state index >= 15 is 0 Å². The number of anilines is 1. The average molecular weight is 339 g/mol. The molecule has 2 amide bonds. The Morgan fingerprint density at radius 2 is 1.72 bits per heavy atom. The third-order valence-electron chi connectivity index (χ3n) is 4.44. The predicted molar refractivity (Wildman–Crippen MR) is 99.8 cm³/mol. The van der Waals surface area contributed by atoms with Crippen molar-refractivity contribution in [2.24, 2.45) is 0 Å². The number of hydrogen-bond acceptors (Lipinski definition) is 3. The van der Waals surface area contributed by atoms with Gasteiger partial charge in [-0.1, -0.05) is 36.4 Å². The number of amides is 2. The number of nitrogens with zero attached hydrogens (tertiary/aromatic N) is 1. The van der Waals surface area contributed by atoms with Gasteiger partial charge in [0.25, 0.3) is 0 Å². The molecule has 0 spiro atoms. The quantitative estimate of drug-likeness (QED) is 0.845. The second-order valence-corrected chi connectivity index (χ2v) is 6.31. The summed E-state index contributed by atoms with van der Waals surface area (Å²) in [6.07, 6.45) is 2.62. The van der Waals surface area contributed by atoms with Crippen LogP contribution in [0.2, 0.25) is 0 Å². The lowest BCUT2D eigenvalue weighted by Gasteiger charge is -2.15. The lowest BCUT2D eigenvalue weighted by Crippen LogP contribution is -2.28. The fourth-order valence-corrected chi connectivity index (χ4v) is 3.06. The highest BCUT2D eigenvalue weighted by molar-refractivity contribution is 5.90. The molecule has 2 N–H and O–H groups in total. The highest BCUT2D eigenvalue weighted by Gasteiger charge is 2.11. The van der Waals surface area contributed by atoms with Gasteiger partial charge in [0.05, 0.1) is 12.8 Å². The minimum Gasteiger partial charge on any atom is -0.495 e. The molecule has 1 aliphatic heterocycles. The molecule has 132 valence electrons. The molecule has 0 aromatic heterocycles. The van der Waals surface area contributed by atoms with Crippen LogP contribution in [0.25, 0.3) is 0 Å². The smallest absolute Gasteiger partial charge is 0.319 e. The van der Waals surface area contributed by atoms with E-state index in [0.29, 0.717) is 18.0 Å². The molecule has 1 aliphatic rings. The summed E-state index contributed by atoms with van der Waals surface area (Å²) in [6.45, 7) is 3.91. The molecule has 0 bridgehead atoms. The number of benzene rings is 2.